The fourth-order valence-corrected chi connectivity index (χ4v) is 1.73. The van der Waals surface area contributed by atoms with Crippen LogP contribution in [0.2, 0.25) is 0 Å². The van der Waals surface area contributed by atoms with Gasteiger partial charge in [0.15, 0.2) is 0 Å². The van der Waals surface area contributed by atoms with Crippen molar-refractivity contribution in [2.24, 2.45) is 0 Å². The second-order valence-electron chi connectivity index (χ2n) is 3.68. The molecule has 0 fully saturated rings. The summed E-state index contributed by atoms with van der Waals surface area (Å²) in [6.45, 7) is 0. The molecule has 4 nitrogen and oxygen atoms in total. The number of esters is 1. The van der Waals surface area contributed by atoms with E-state index in [0.717, 1.165) is 5.56 Å². The van der Waals surface area contributed by atoms with E-state index in [1.54, 1.807) is 18.2 Å². The van der Waals surface area contributed by atoms with Crippen molar-refractivity contribution in [2.45, 2.75) is 12.5 Å². The molecule has 2 rings (SSSR count). The molecule has 0 spiro atoms. The van der Waals surface area contributed by atoms with Crippen LogP contribution in [-0.4, -0.2) is 13.1 Å². The number of carbonyl (C=O) groups is 1. The summed E-state index contributed by atoms with van der Waals surface area (Å²) < 4.78 is 10.3. The first-order chi connectivity index (χ1) is 8.22. The minimum Gasteiger partial charge on any atom is -0.501 e. The van der Waals surface area contributed by atoms with E-state index in [-0.39, 0.29) is 6.10 Å². The highest BCUT2D eigenvalue weighted by molar-refractivity contribution is 5.83. The molecule has 0 amide bonds. The van der Waals surface area contributed by atoms with E-state index in [0.29, 0.717) is 17.7 Å². The number of ether oxygens (including phenoxy) is 2. The lowest BCUT2D eigenvalue weighted by atomic mass is 10.0. The van der Waals surface area contributed by atoms with E-state index in [4.69, 9.17) is 14.7 Å². The van der Waals surface area contributed by atoms with Crippen LogP contribution in [0.1, 0.15) is 23.7 Å². The number of cyclic esters (lactones) is 1. The highest BCUT2D eigenvalue weighted by Crippen LogP contribution is 2.29. The quantitative estimate of drug-likeness (QED) is 0.728. The first-order valence-corrected chi connectivity index (χ1v) is 5.18. The molecule has 0 saturated carbocycles. The van der Waals surface area contributed by atoms with Gasteiger partial charge in [0.2, 0.25) is 0 Å². The first kappa shape index (κ1) is 11.2. The predicted octanol–water partition coefficient (Wildman–Crippen LogP) is 2.08. The van der Waals surface area contributed by atoms with Gasteiger partial charge in [-0.2, -0.15) is 5.26 Å². The Kier molecular flexibility index (Phi) is 3.10. The molecule has 0 aromatic heterocycles. The summed E-state index contributed by atoms with van der Waals surface area (Å²) in [5, 5.41) is 8.82. The zero-order chi connectivity index (χ0) is 12.3. The Bertz CT molecular complexity index is 514. The van der Waals surface area contributed by atoms with E-state index >= 15 is 0 Å². The summed E-state index contributed by atoms with van der Waals surface area (Å²) in [7, 11) is 1.52. The molecule has 0 bridgehead atoms. The summed E-state index contributed by atoms with van der Waals surface area (Å²) in [5.41, 5.74) is 1.35. The molecule has 17 heavy (non-hydrogen) atoms. The minimum absolute atomic E-state index is 0.379. The molecule has 1 unspecified atom stereocenters. The van der Waals surface area contributed by atoms with Crippen molar-refractivity contribution in [1.29, 1.82) is 5.26 Å². The zero-order valence-corrected chi connectivity index (χ0v) is 9.34. The smallest absolute Gasteiger partial charge is 0.334 e. The molecule has 1 atom stereocenters. The van der Waals surface area contributed by atoms with Gasteiger partial charge in [0.1, 0.15) is 11.9 Å². The fraction of sp³-hybridized carbons (Fsp3) is 0.231. The van der Waals surface area contributed by atoms with Crippen LogP contribution in [0, 0.1) is 11.3 Å². The molecule has 1 aliphatic rings. The van der Waals surface area contributed by atoms with Crippen LogP contribution in [0.5, 0.6) is 0 Å². The monoisotopic (exact) mass is 229 g/mol. The summed E-state index contributed by atoms with van der Waals surface area (Å²) in [4.78, 5) is 11.3. The number of nitriles is 1. The number of hydrogen-bond acceptors (Lipinski definition) is 4. The van der Waals surface area contributed by atoms with Crippen LogP contribution >= 0.6 is 0 Å². The van der Waals surface area contributed by atoms with Gasteiger partial charge in [-0.05, 0) is 17.7 Å². The van der Waals surface area contributed by atoms with Crippen LogP contribution in [0.3, 0.4) is 0 Å². The van der Waals surface area contributed by atoms with Crippen LogP contribution in [-0.2, 0) is 14.3 Å². The highest BCUT2D eigenvalue weighted by Gasteiger charge is 2.23. The maximum absolute atomic E-state index is 11.3. The third-order valence-corrected chi connectivity index (χ3v) is 2.57. The lowest BCUT2D eigenvalue weighted by Crippen LogP contribution is -2.16. The zero-order valence-electron chi connectivity index (χ0n) is 9.34. The predicted molar refractivity (Wildman–Crippen MR) is 59.7 cm³/mol. The van der Waals surface area contributed by atoms with E-state index in [2.05, 4.69) is 6.07 Å². The summed E-state index contributed by atoms with van der Waals surface area (Å²) in [5.74, 6) is 0.175. The molecule has 0 radical (unpaired) electrons. The first-order valence-electron chi connectivity index (χ1n) is 5.18. The minimum atomic E-state index is -0.416. The second kappa shape index (κ2) is 4.71. The van der Waals surface area contributed by atoms with E-state index < -0.39 is 5.97 Å². The standard InChI is InChI=1S/C13H11NO3/c1-16-11-6-12(17-13(15)7-11)10-4-2-3-9(5-10)8-14/h2-5,7,12H,6H2,1H3. The molecule has 0 saturated heterocycles. The van der Waals surface area contributed by atoms with Gasteiger partial charge in [-0.3, -0.25) is 0 Å². The van der Waals surface area contributed by atoms with E-state index in [1.807, 2.05) is 6.07 Å². The molecule has 1 aromatic rings. The summed E-state index contributed by atoms with van der Waals surface area (Å²) in [6.07, 6.45) is 1.46. The van der Waals surface area contributed by atoms with Gasteiger partial charge in [0.05, 0.1) is 24.8 Å². The lowest BCUT2D eigenvalue weighted by Gasteiger charge is -2.22. The Morgan fingerprint density at radius 1 is 1.53 bits per heavy atom. The van der Waals surface area contributed by atoms with Crippen LogP contribution in [0.25, 0.3) is 0 Å². The Hall–Kier alpha value is -2.28. The normalized spacial score (nSPS) is 18.9. The molecule has 86 valence electrons. The van der Waals surface area contributed by atoms with Crippen molar-refractivity contribution in [1.82, 2.24) is 0 Å². The number of methoxy groups -OCH3 is 1. The number of rotatable bonds is 2. The van der Waals surface area contributed by atoms with Gasteiger partial charge in [0.25, 0.3) is 0 Å². The van der Waals surface area contributed by atoms with Gasteiger partial charge in [-0.1, -0.05) is 12.1 Å². The largest absolute Gasteiger partial charge is 0.501 e. The topological polar surface area (TPSA) is 59.3 Å². The number of carbonyl (C=O) groups excluding carboxylic acids is 1. The molecule has 1 heterocycles. The number of nitrogens with zero attached hydrogens (tertiary/aromatic N) is 1. The van der Waals surface area contributed by atoms with Crippen molar-refractivity contribution < 1.29 is 14.3 Å². The third-order valence-electron chi connectivity index (χ3n) is 2.57. The molecule has 1 aromatic carbocycles. The highest BCUT2D eigenvalue weighted by atomic mass is 16.5. The number of hydrogen-bond donors (Lipinski definition) is 0. The second-order valence-corrected chi connectivity index (χ2v) is 3.68. The molecular weight excluding hydrogens is 218 g/mol. The summed E-state index contributed by atoms with van der Waals surface area (Å²) >= 11 is 0. The van der Waals surface area contributed by atoms with Crippen molar-refractivity contribution in [2.75, 3.05) is 7.11 Å². The van der Waals surface area contributed by atoms with E-state index in [1.165, 1.54) is 13.2 Å². The Morgan fingerprint density at radius 2 is 2.35 bits per heavy atom. The molecule has 0 N–H and O–H groups in total. The molecular formula is C13H11NO3. The Balaban J connectivity index is 2.26. The average molecular weight is 229 g/mol. The Morgan fingerprint density at radius 3 is 3.06 bits per heavy atom. The van der Waals surface area contributed by atoms with Gasteiger partial charge in [0, 0.05) is 6.42 Å². The molecule has 0 aliphatic carbocycles. The van der Waals surface area contributed by atoms with Crippen molar-refractivity contribution in [3.63, 3.8) is 0 Å². The number of benzene rings is 1. The average Bonchev–Trinajstić information content (AvgIpc) is 2.38. The SMILES string of the molecule is COC1=CC(=O)OC(c2cccc(C#N)c2)C1. The maximum atomic E-state index is 11.3. The van der Waals surface area contributed by atoms with Gasteiger partial charge >= 0.3 is 5.97 Å². The van der Waals surface area contributed by atoms with Crippen molar-refractivity contribution in [3.05, 3.63) is 47.2 Å². The van der Waals surface area contributed by atoms with Gasteiger partial charge in [-0.25, -0.2) is 4.79 Å². The van der Waals surface area contributed by atoms with Crippen molar-refractivity contribution >= 4 is 5.97 Å². The lowest BCUT2D eigenvalue weighted by molar-refractivity contribution is -0.145. The molecule has 4 heteroatoms. The van der Waals surface area contributed by atoms with Crippen LogP contribution in [0.15, 0.2) is 36.1 Å². The van der Waals surface area contributed by atoms with E-state index in [9.17, 15) is 4.79 Å². The fourth-order valence-electron chi connectivity index (χ4n) is 1.73. The van der Waals surface area contributed by atoms with Gasteiger partial charge in [-0.15, -0.1) is 0 Å². The van der Waals surface area contributed by atoms with Gasteiger partial charge < -0.3 is 9.47 Å². The maximum Gasteiger partial charge on any atom is 0.334 e. The van der Waals surface area contributed by atoms with Crippen LogP contribution < -0.4 is 0 Å². The third kappa shape index (κ3) is 2.45. The molecule has 1 aliphatic heterocycles. The summed E-state index contributed by atoms with van der Waals surface area (Å²) in [6, 6.07) is 9.09. The van der Waals surface area contributed by atoms with Crippen LogP contribution in [0.4, 0.5) is 0 Å². The Labute approximate surface area is 99.1 Å². The van der Waals surface area contributed by atoms with Crippen molar-refractivity contribution in [3.8, 4) is 6.07 Å².